The van der Waals surface area contributed by atoms with Crippen molar-refractivity contribution in [2.24, 2.45) is 0 Å². The lowest BCUT2D eigenvalue weighted by Crippen LogP contribution is -2.50. The van der Waals surface area contributed by atoms with Crippen LogP contribution in [0.25, 0.3) is 0 Å². The van der Waals surface area contributed by atoms with E-state index in [-0.39, 0.29) is 54.7 Å². The molecule has 12 nitrogen and oxygen atoms in total. The van der Waals surface area contributed by atoms with E-state index in [1.54, 1.807) is 11.8 Å². The van der Waals surface area contributed by atoms with E-state index in [4.69, 9.17) is 9.47 Å². The van der Waals surface area contributed by atoms with Crippen LogP contribution in [0.15, 0.2) is 29.2 Å². The average Bonchev–Trinajstić information content (AvgIpc) is 3.29. The zero-order chi connectivity index (χ0) is 28.3. The summed E-state index contributed by atoms with van der Waals surface area (Å²) >= 11 is 1.22. The topological polar surface area (TPSA) is 143 Å². The summed E-state index contributed by atoms with van der Waals surface area (Å²) < 4.78 is 37.4. The van der Waals surface area contributed by atoms with Crippen molar-refractivity contribution >= 4 is 50.2 Å². The molecule has 2 aliphatic rings. The third-order valence-electron chi connectivity index (χ3n) is 6.64. The molecule has 1 aromatic carbocycles. The van der Waals surface area contributed by atoms with Gasteiger partial charge >= 0.3 is 12.1 Å². The molecular formula is C25H30N4O8S2. The second kappa shape index (κ2) is 11.7. The van der Waals surface area contributed by atoms with Gasteiger partial charge in [-0.3, -0.25) is 9.59 Å². The monoisotopic (exact) mass is 578 g/mol. The van der Waals surface area contributed by atoms with Gasteiger partial charge in [-0.2, -0.15) is 4.31 Å². The van der Waals surface area contributed by atoms with Gasteiger partial charge in [0.1, 0.15) is 5.00 Å². The maximum absolute atomic E-state index is 13.1. The SMILES string of the molecule is CCOC(=O)N1CCN(S(=O)(=O)c2ccc(C(=O)Nc3sc4c(c3C(=O)OC)CCN(C(C)=O)C4)cc2)CC1. The molecule has 0 saturated carbocycles. The van der Waals surface area contributed by atoms with Crippen LogP contribution < -0.4 is 5.32 Å². The quantitative estimate of drug-likeness (QED) is 0.514. The highest BCUT2D eigenvalue weighted by atomic mass is 32.2. The number of amides is 3. The second-order valence-corrected chi connectivity index (χ2v) is 12.0. The fourth-order valence-corrected chi connectivity index (χ4v) is 7.18. The van der Waals surface area contributed by atoms with E-state index in [9.17, 15) is 27.6 Å². The Balaban J connectivity index is 1.47. The number of nitrogens with one attached hydrogen (secondary N) is 1. The number of anilines is 1. The normalized spacial score (nSPS) is 15.9. The van der Waals surface area contributed by atoms with Crippen LogP contribution in [0, 0.1) is 0 Å². The van der Waals surface area contributed by atoms with Gasteiger partial charge in [-0.25, -0.2) is 18.0 Å². The van der Waals surface area contributed by atoms with E-state index in [1.165, 1.54) is 58.8 Å². The third-order valence-corrected chi connectivity index (χ3v) is 9.68. The summed E-state index contributed by atoms with van der Waals surface area (Å²) in [4.78, 5) is 53.3. The standard InChI is InChI=1S/C25H30N4O8S2/c1-4-37-25(33)27-11-13-29(14-12-27)39(34,35)18-7-5-17(6-8-18)22(31)26-23-21(24(32)36-3)19-9-10-28(16(2)30)15-20(19)38-23/h5-8H,4,9-15H2,1-3H3,(H,26,31). The van der Waals surface area contributed by atoms with Gasteiger partial charge in [0, 0.05) is 50.1 Å². The number of carbonyl (C=O) groups is 4. The molecule has 39 heavy (non-hydrogen) atoms. The highest BCUT2D eigenvalue weighted by Gasteiger charge is 2.32. The molecule has 2 aromatic rings. The molecular weight excluding hydrogens is 548 g/mol. The molecule has 0 unspecified atom stereocenters. The van der Waals surface area contributed by atoms with Crippen LogP contribution in [-0.4, -0.2) is 92.8 Å². The highest BCUT2D eigenvalue weighted by molar-refractivity contribution is 7.89. The molecule has 4 rings (SSSR count). The molecule has 1 N–H and O–H groups in total. The molecule has 1 saturated heterocycles. The van der Waals surface area contributed by atoms with Gasteiger partial charge in [0.15, 0.2) is 0 Å². The molecule has 0 radical (unpaired) electrons. The number of nitrogens with zero attached hydrogens (tertiary/aromatic N) is 3. The van der Waals surface area contributed by atoms with Crippen molar-refractivity contribution in [1.82, 2.24) is 14.1 Å². The summed E-state index contributed by atoms with van der Waals surface area (Å²) in [5, 5.41) is 3.07. The number of fused-ring (bicyclic) bond motifs is 1. The van der Waals surface area contributed by atoms with Gasteiger partial charge in [0.05, 0.1) is 30.7 Å². The molecule has 3 amide bonds. The number of esters is 1. The minimum Gasteiger partial charge on any atom is -0.465 e. The number of ether oxygens (including phenoxy) is 2. The van der Waals surface area contributed by atoms with Crippen molar-refractivity contribution in [3.63, 3.8) is 0 Å². The van der Waals surface area contributed by atoms with Crippen LogP contribution in [-0.2, 0) is 37.3 Å². The zero-order valence-electron chi connectivity index (χ0n) is 21.9. The lowest BCUT2D eigenvalue weighted by Gasteiger charge is -2.33. The van der Waals surface area contributed by atoms with E-state index >= 15 is 0 Å². The first-order valence-electron chi connectivity index (χ1n) is 12.4. The predicted octanol–water partition coefficient (Wildman–Crippen LogP) is 2.15. The number of methoxy groups -OCH3 is 1. The third kappa shape index (κ3) is 5.92. The summed E-state index contributed by atoms with van der Waals surface area (Å²) in [7, 11) is -2.57. The Hall–Kier alpha value is -3.49. The molecule has 1 aromatic heterocycles. The van der Waals surface area contributed by atoms with E-state index in [2.05, 4.69) is 5.32 Å². The van der Waals surface area contributed by atoms with Crippen LogP contribution in [0.5, 0.6) is 0 Å². The Morgan fingerprint density at radius 2 is 1.67 bits per heavy atom. The number of carbonyl (C=O) groups excluding carboxylic acids is 4. The molecule has 210 valence electrons. The largest absolute Gasteiger partial charge is 0.465 e. The van der Waals surface area contributed by atoms with Crippen molar-refractivity contribution in [2.75, 3.05) is 51.8 Å². The van der Waals surface area contributed by atoms with Crippen molar-refractivity contribution in [3.05, 3.63) is 45.8 Å². The fourth-order valence-electron chi connectivity index (χ4n) is 4.51. The van der Waals surface area contributed by atoms with Crippen molar-refractivity contribution in [3.8, 4) is 0 Å². The Labute approximate surface area is 230 Å². The number of hydrogen-bond donors (Lipinski definition) is 1. The molecule has 0 spiro atoms. The first kappa shape index (κ1) is 28.5. The smallest absolute Gasteiger partial charge is 0.409 e. The van der Waals surface area contributed by atoms with Gasteiger partial charge in [-0.05, 0) is 43.2 Å². The van der Waals surface area contributed by atoms with E-state index in [0.717, 1.165) is 10.4 Å². The molecule has 0 bridgehead atoms. The Kier molecular flexibility index (Phi) is 8.57. The second-order valence-electron chi connectivity index (χ2n) is 8.96. The van der Waals surface area contributed by atoms with E-state index in [0.29, 0.717) is 24.5 Å². The molecule has 0 atom stereocenters. The number of hydrogen-bond acceptors (Lipinski definition) is 9. The zero-order valence-corrected chi connectivity index (χ0v) is 23.5. The fraction of sp³-hybridized carbons (Fsp3) is 0.440. The average molecular weight is 579 g/mol. The Morgan fingerprint density at radius 1 is 1.00 bits per heavy atom. The number of rotatable bonds is 6. The van der Waals surface area contributed by atoms with Crippen molar-refractivity contribution < 1.29 is 37.1 Å². The van der Waals surface area contributed by atoms with Crippen LogP contribution in [0.1, 0.15) is 45.0 Å². The first-order chi connectivity index (χ1) is 18.6. The Bertz CT molecular complexity index is 1380. The minimum absolute atomic E-state index is 0.0230. The van der Waals surface area contributed by atoms with Crippen molar-refractivity contribution in [1.29, 1.82) is 0 Å². The molecule has 3 heterocycles. The summed E-state index contributed by atoms with van der Waals surface area (Å²) in [5.74, 6) is -1.17. The summed E-state index contributed by atoms with van der Waals surface area (Å²) in [6.45, 7) is 4.93. The van der Waals surface area contributed by atoms with Gasteiger partial charge in [-0.15, -0.1) is 11.3 Å². The first-order valence-corrected chi connectivity index (χ1v) is 14.6. The molecule has 0 aliphatic carbocycles. The maximum Gasteiger partial charge on any atom is 0.409 e. The number of benzene rings is 1. The van der Waals surface area contributed by atoms with E-state index < -0.39 is 28.0 Å². The van der Waals surface area contributed by atoms with Crippen LogP contribution in [0.3, 0.4) is 0 Å². The van der Waals surface area contributed by atoms with Crippen LogP contribution in [0.2, 0.25) is 0 Å². The highest BCUT2D eigenvalue weighted by Crippen LogP contribution is 2.38. The summed E-state index contributed by atoms with van der Waals surface area (Å²) in [5.41, 5.74) is 1.23. The van der Waals surface area contributed by atoms with E-state index in [1.807, 2.05) is 0 Å². The van der Waals surface area contributed by atoms with Crippen molar-refractivity contribution in [2.45, 2.75) is 31.7 Å². The molecule has 2 aliphatic heterocycles. The summed E-state index contributed by atoms with van der Waals surface area (Å²) in [6.07, 6.45) is -0.00480. The molecule has 1 fully saturated rings. The predicted molar refractivity (Wildman–Crippen MR) is 142 cm³/mol. The lowest BCUT2D eigenvalue weighted by atomic mass is 10.0. The van der Waals surface area contributed by atoms with Gasteiger partial charge in [0.25, 0.3) is 5.91 Å². The number of piperazine rings is 1. The van der Waals surface area contributed by atoms with Gasteiger partial charge < -0.3 is 24.6 Å². The van der Waals surface area contributed by atoms with Gasteiger partial charge in [-0.1, -0.05) is 0 Å². The van der Waals surface area contributed by atoms with Crippen LogP contribution >= 0.6 is 11.3 Å². The lowest BCUT2D eigenvalue weighted by molar-refractivity contribution is -0.129. The Morgan fingerprint density at radius 3 is 2.26 bits per heavy atom. The molecule has 14 heteroatoms. The van der Waals surface area contributed by atoms with Gasteiger partial charge in [0.2, 0.25) is 15.9 Å². The number of sulfonamides is 1. The minimum atomic E-state index is -3.83. The number of thiophene rings is 1. The summed E-state index contributed by atoms with van der Waals surface area (Å²) in [6, 6.07) is 5.51. The van der Waals surface area contributed by atoms with Crippen LogP contribution in [0.4, 0.5) is 9.80 Å². The maximum atomic E-state index is 13.1.